The summed E-state index contributed by atoms with van der Waals surface area (Å²) in [5.74, 6) is 0.931. The first-order valence-electron chi connectivity index (χ1n) is 9.45. The predicted octanol–water partition coefficient (Wildman–Crippen LogP) is 5.54. The van der Waals surface area contributed by atoms with Crippen molar-refractivity contribution in [3.05, 3.63) is 47.1 Å². The fraction of sp³-hybridized carbons (Fsp3) is 0.524. The number of azo groups is 1. The first-order valence-corrected chi connectivity index (χ1v) is 10.3. The summed E-state index contributed by atoms with van der Waals surface area (Å²) >= 11 is 1.83. The maximum absolute atomic E-state index is 4.60. The molecule has 138 valence electrons. The minimum Gasteiger partial charge on any atom is -0.366 e. The predicted molar refractivity (Wildman–Crippen MR) is 110 cm³/mol. The average Bonchev–Trinajstić information content (AvgIpc) is 2.96. The molecule has 1 atom stereocenters. The summed E-state index contributed by atoms with van der Waals surface area (Å²) < 4.78 is 1.32. The van der Waals surface area contributed by atoms with E-state index in [1.54, 1.807) is 0 Å². The first-order chi connectivity index (χ1) is 12.3. The molecule has 0 amide bonds. The van der Waals surface area contributed by atoms with Gasteiger partial charge in [0.15, 0.2) is 0 Å². The topological polar surface area (TPSA) is 48.8 Å². The van der Waals surface area contributed by atoms with Crippen LogP contribution in [0.3, 0.4) is 0 Å². The quantitative estimate of drug-likeness (QED) is 0.747. The summed E-state index contributed by atoms with van der Waals surface area (Å²) in [7, 11) is 0. The number of benzene rings is 1. The molecule has 5 heteroatoms. The monoisotopic (exact) mass is 368 g/mol. The van der Waals surface area contributed by atoms with Crippen LogP contribution in [0.4, 0.5) is 0 Å². The maximum atomic E-state index is 4.60. The Balaban J connectivity index is 1.42. The summed E-state index contributed by atoms with van der Waals surface area (Å²) in [5, 5.41) is 17.8. The molecule has 2 aliphatic rings. The van der Waals surface area contributed by atoms with Gasteiger partial charge in [-0.2, -0.15) is 5.11 Å². The van der Waals surface area contributed by atoms with E-state index in [1.807, 2.05) is 11.3 Å². The standard InChI is InChI=1S/C21H28N4S/c1-20(2)12-15(13-21(3,4)25-20)22-19-10-9-16(23-24-19)18-11-14-7-5-6-8-17(14)26-18/h5-8,10-11,15-16,22,25H,9,12-13H2,1-4H3. The van der Waals surface area contributed by atoms with Crippen molar-refractivity contribution < 1.29 is 0 Å². The second-order valence-corrected chi connectivity index (χ2v) is 10.0. The molecule has 1 aromatic carbocycles. The van der Waals surface area contributed by atoms with Gasteiger partial charge in [0.2, 0.25) is 0 Å². The van der Waals surface area contributed by atoms with E-state index in [0.717, 1.165) is 25.1 Å². The molecule has 4 nitrogen and oxygen atoms in total. The fourth-order valence-electron chi connectivity index (χ4n) is 4.50. The Morgan fingerprint density at radius 3 is 2.50 bits per heavy atom. The molecule has 0 bridgehead atoms. The molecule has 0 spiro atoms. The van der Waals surface area contributed by atoms with Crippen LogP contribution in [0.5, 0.6) is 0 Å². The van der Waals surface area contributed by atoms with Crippen LogP contribution in [0.1, 0.15) is 57.9 Å². The molecule has 1 fully saturated rings. The van der Waals surface area contributed by atoms with Gasteiger partial charge in [-0.15, -0.1) is 16.5 Å². The average molecular weight is 369 g/mol. The highest BCUT2D eigenvalue weighted by Crippen LogP contribution is 2.36. The molecule has 1 saturated heterocycles. The van der Waals surface area contributed by atoms with Gasteiger partial charge in [0, 0.05) is 26.7 Å². The van der Waals surface area contributed by atoms with Crippen molar-refractivity contribution in [3.63, 3.8) is 0 Å². The van der Waals surface area contributed by atoms with Gasteiger partial charge >= 0.3 is 0 Å². The van der Waals surface area contributed by atoms with Crippen LogP contribution < -0.4 is 10.6 Å². The second kappa shape index (κ2) is 6.46. The maximum Gasteiger partial charge on any atom is 0.144 e. The van der Waals surface area contributed by atoms with E-state index in [-0.39, 0.29) is 17.1 Å². The van der Waals surface area contributed by atoms with E-state index >= 15 is 0 Å². The van der Waals surface area contributed by atoms with Crippen molar-refractivity contribution in [1.29, 1.82) is 0 Å². The van der Waals surface area contributed by atoms with Crippen molar-refractivity contribution in [3.8, 4) is 0 Å². The normalized spacial score (nSPS) is 25.2. The van der Waals surface area contributed by atoms with Gasteiger partial charge < -0.3 is 10.6 Å². The molecule has 1 aromatic heterocycles. The lowest BCUT2D eigenvalue weighted by Gasteiger charge is -2.46. The fourth-order valence-corrected chi connectivity index (χ4v) is 5.61. The number of piperidine rings is 1. The van der Waals surface area contributed by atoms with Crippen molar-refractivity contribution in [2.45, 2.75) is 70.1 Å². The van der Waals surface area contributed by atoms with E-state index in [4.69, 9.17) is 0 Å². The van der Waals surface area contributed by atoms with Gasteiger partial charge in [0.25, 0.3) is 0 Å². The minimum absolute atomic E-state index is 0.130. The van der Waals surface area contributed by atoms with Crippen LogP contribution in [0.15, 0.2) is 52.5 Å². The summed E-state index contributed by atoms with van der Waals surface area (Å²) in [6.45, 7) is 9.10. The Kier molecular flexibility index (Phi) is 4.40. The molecule has 2 aliphatic heterocycles. The number of hydrogen-bond donors (Lipinski definition) is 2. The van der Waals surface area contributed by atoms with Crippen LogP contribution in [0.25, 0.3) is 10.1 Å². The zero-order valence-electron chi connectivity index (χ0n) is 16.0. The number of thiophene rings is 1. The summed E-state index contributed by atoms with van der Waals surface area (Å²) in [6, 6.07) is 11.4. The largest absolute Gasteiger partial charge is 0.366 e. The van der Waals surface area contributed by atoms with E-state index in [1.165, 1.54) is 15.0 Å². The highest BCUT2D eigenvalue weighted by molar-refractivity contribution is 7.19. The van der Waals surface area contributed by atoms with Crippen LogP contribution in [-0.2, 0) is 0 Å². The first kappa shape index (κ1) is 17.7. The highest BCUT2D eigenvalue weighted by atomic mass is 32.1. The van der Waals surface area contributed by atoms with Crippen molar-refractivity contribution in [2.75, 3.05) is 0 Å². The molecule has 0 aliphatic carbocycles. The second-order valence-electron chi connectivity index (χ2n) is 8.89. The van der Waals surface area contributed by atoms with Gasteiger partial charge in [-0.1, -0.05) is 18.2 Å². The Bertz CT molecular complexity index is 813. The van der Waals surface area contributed by atoms with Crippen LogP contribution in [0, 0.1) is 0 Å². The lowest BCUT2D eigenvalue weighted by molar-refractivity contribution is 0.150. The molecule has 2 N–H and O–H groups in total. The Labute approximate surface area is 159 Å². The van der Waals surface area contributed by atoms with E-state index in [2.05, 4.69) is 85.0 Å². The van der Waals surface area contributed by atoms with Gasteiger partial charge in [-0.3, -0.25) is 0 Å². The lowest BCUT2D eigenvalue weighted by atomic mass is 9.79. The van der Waals surface area contributed by atoms with Crippen LogP contribution in [0.2, 0.25) is 0 Å². The molecule has 0 saturated carbocycles. The number of nitrogens with zero attached hydrogens (tertiary/aromatic N) is 2. The zero-order valence-corrected chi connectivity index (χ0v) is 16.9. The summed E-state index contributed by atoms with van der Waals surface area (Å²) in [5.41, 5.74) is 0.261. The van der Waals surface area contributed by atoms with E-state index < -0.39 is 0 Å². The zero-order chi connectivity index (χ0) is 18.4. The van der Waals surface area contributed by atoms with Crippen molar-refractivity contribution in [2.24, 2.45) is 10.2 Å². The SMILES string of the molecule is CC1(C)CC(NC2=CCC(c3cc4ccccc4s3)N=N2)CC(C)(C)N1. The smallest absolute Gasteiger partial charge is 0.144 e. The molecular weight excluding hydrogens is 340 g/mol. The minimum atomic E-state index is 0.130. The van der Waals surface area contributed by atoms with Gasteiger partial charge in [0.1, 0.15) is 11.9 Å². The molecular formula is C21H28N4S. The third-order valence-corrected chi connectivity index (χ3v) is 6.37. The van der Waals surface area contributed by atoms with Gasteiger partial charge in [-0.25, -0.2) is 0 Å². The number of nitrogens with one attached hydrogen (secondary N) is 2. The van der Waals surface area contributed by atoms with Crippen molar-refractivity contribution >= 4 is 21.4 Å². The molecule has 0 radical (unpaired) electrons. The van der Waals surface area contributed by atoms with Crippen molar-refractivity contribution in [1.82, 2.24) is 10.6 Å². The molecule has 3 heterocycles. The number of rotatable bonds is 3. The Morgan fingerprint density at radius 2 is 1.85 bits per heavy atom. The van der Waals surface area contributed by atoms with Gasteiger partial charge in [-0.05, 0) is 70.6 Å². The number of fused-ring (bicyclic) bond motifs is 1. The number of hydrogen-bond acceptors (Lipinski definition) is 5. The lowest BCUT2D eigenvalue weighted by Crippen LogP contribution is -2.61. The molecule has 1 unspecified atom stereocenters. The Morgan fingerprint density at radius 1 is 1.12 bits per heavy atom. The van der Waals surface area contributed by atoms with Gasteiger partial charge in [0.05, 0.1) is 0 Å². The molecule has 4 rings (SSSR count). The Hall–Kier alpha value is -1.72. The highest BCUT2D eigenvalue weighted by Gasteiger charge is 2.37. The van der Waals surface area contributed by atoms with Crippen LogP contribution in [-0.4, -0.2) is 17.1 Å². The summed E-state index contributed by atoms with van der Waals surface area (Å²) in [4.78, 5) is 1.30. The van der Waals surface area contributed by atoms with Crippen LogP contribution >= 0.6 is 11.3 Å². The molecule has 26 heavy (non-hydrogen) atoms. The summed E-state index contributed by atoms with van der Waals surface area (Å²) in [6.07, 6.45) is 5.30. The van der Waals surface area contributed by atoms with E-state index in [0.29, 0.717) is 6.04 Å². The third-order valence-electron chi connectivity index (χ3n) is 5.15. The van der Waals surface area contributed by atoms with E-state index in [9.17, 15) is 0 Å². The third kappa shape index (κ3) is 3.84. The molecule has 2 aromatic rings.